The monoisotopic (exact) mass is 332 g/mol. The molecule has 0 heterocycles. The summed E-state index contributed by atoms with van der Waals surface area (Å²) < 4.78 is 38.8. The Bertz CT molecular complexity index is 520. The van der Waals surface area contributed by atoms with Crippen LogP contribution in [-0.4, -0.2) is 29.8 Å². The number of amides is 2. The molecular weight excluding hydrogens is 309 g/mol. The van der Waals surface area contributed by atoms with E-state index >= 15 is 0 Å². The summed E-state index contributed by atoms with van der Waals surface area (Å²) in [6.07, 6.45) is -4.34. The summed E-state index contributed by atoms with van der Waals surface area (Å²) in [5, 5.41) is 14.3. The molecule has 0 aliphatic rings. The van der Waals surface area contributed by atoms with Crippen LogP contribution in [0.15, 0.2) is 24.3 Å². The molecule has 0 aliphatic carbocycles. The molecule has 0 radical (unpaired) electrons. The van der Waals surface area contributed by atoms with Crippen molar-refractivity contribution in [2.24, 2.45) is 5.92 Å². The first kappa shape index (κ1) is 19.3. The molecule has 0 saturated heterocycles. The van der Waals surface area contributed by atoms with Crippen LogP contribution in [0.1, 0.15) is 31.9 Å². The molecule has 1 rings (SSSR count). The molecule has 1 aromatic rings. The van der Waals surface area contributed by atoms with Gasteiger partial charge < -0.3 is 15.7 Å². The highest BCUT2D eigenvalue weighted by Crippen LogP contribution is 2.32. The van der Waals surface area contributed by atoms with Crippen molar-refractivity contribution < 1.29 is 23.1 Å². The summed E-state index contributed by atoms with van der Waals surface area (Å²) in [6.45, 7) is 5.13. The highest BCUT2D eigenvalue weighted by Gasteiger charge is 2.33. The Morgan fingerprint density at radius 3 is 2.35 bits per heavy atom. The number of hydrogen-bond acceptors (Lipinski definition) is 2. The summed E-state index contributed by atoms with van der Waals surface area (Å²) in [4.78, 5) is 11.8. The van der Waals surface area contributed by atoms with Crippen molar-refractivity contribution in [1.82, 2.24) is 10.6 Å². The van der Waals surface area contributed by atoms with Gasteiger partial charge in [0, 0.05) is 18.7 Å². The zero-order chi connectivity index (χ0) is 17.6. The highest BCUT2D eigenvalue weighted by atomic mass is 19.4. The Kier molecular flexibility index (Phi) is 6.87. The minimum absolute atomic E-state index is 0.0596. The first-order valence-electron chi connectivity index (χ1n) is 7.48. The lowest BCUT2D eigenvalue weighted by Crippen LogP contribution is -2.47. The fourth-order valence-corrected chi connectivity index (χ4v) is 2.13. The normalized spacial score (nSPS) is 15.6. The molecule has 0 aromatic heterocycles. The molecule has 0 saturated carbocycles. The van der Waals surface area contributed by atoms with E-state index in [2.05, 4.69) is 10.6 Å². The lowest BCUT2D eigenvalue weighted by Gasteiger charge is -2.22. The Morgan fingerprint density at radius 2 is 1.78 bits per heavy atom. The van der Waals surface area contributed by atoms with Gasteiger partial charge in [0.2, 0.25) is 0 Å². The molecule has 0 aliphatic heterocycles. The van der Waals surface area contributed by atoms with Crippen LogP contribution < -0.4 is 10.6 Å². The summed E-state index contributed by atoms with van der Waals surface area (Å²) in [5.74, 6) is -0.109. The van der Waals surface area contributed by atoms with Gasteiger partial charge in [-0.3, -0.25) is 0 Å². The van der Waals surface area contributed by atoms with Gasteiger partial charge in [0.25, 0.3) is 0 Å². The van der Waals surface area contributed by atoms with Crippen molar-refractivity contribution in [1.29, 1.82) is 0 Å². The number of carbonyl (C=O) groups excluding carboxylic acids is 1. The minimum Gasteiger partial charge on any atom is -0.396 e. The van der Waals surface area contributed by atoms with E-state index in [0.717, 1.165) is 6.07 Å². The quantitative estimate of drug-likeness (QED) is 0.750. The van der Waals surface area contributed by atoms with Gasteiger partial charge in [-0.05, 0) is 37.8 Å². The fourth-order valence-electron chi connectivity index (χ4n) is 2.13. The lowest BCUT2D eigenvalue weighted by molar-refractivity contribution is -0.138. The average molecular weight is 332 g/mol. The number of benzene rings is 1. The van der Waals surface area contributed by atoms with E-state index in [1.807, 2.05) is 0 Å². The third-order valence-corrected chi connectivity index (χ3v) is 3.73. The molecule has 2 amide bonds. The number of hydrogen-bond donors (Lipinski definition) is 3. The van der Waals surface area contributed by atoms with Crippen LogP contribution >= 0.6 is 0 Å². The van der Waals surface area contributed by atoms with Gasteiger partial charge in [-0.2, -0.15) is 13.2 Å². The maximum atomic E-state index is 12.9. The SMILES string of the molecule is CC(Cc1ccccc1C(F)(F)F)NC(=O)NC(C)C(C)CO. The Labute approximate surface area is 134 Å². The van der Waals surface area contributed by atoms with Crippen molar-refractivity contribution >= 4 is 6.03 Å². The van der Waals surface area contributed by atoms with Crippen molar-refractivity contribution in [3.05, 3.63) is 35.4 Å². The Hall–Kier alpha value is -1.76. The predicted molar refractivity (Wildman–Crippen MR) is 82.0 cm³/mol. The summed E-state index contributed by atoms with van der Waals surface area (Å²) >= 11 is 0. The topological polar surface area (TPSA) is 61.4 Å². The van der Waals surface area contributed by atoms with Crippen molar-refractivity contribution in [2.45, 2.75) is 45.5 Å². The Balaban J connectivity index is 2.64. The third kappa shape index (κ3) is 6.09. The van der Waals surface area contributed by atoms with Crippen LogP contribution in [0.2, 0.25) is 0 Å². The van der Waals surface area contributed by atoms with Gasteiger partial charge in [0.15, 0.2) is 0 Å². The molecule has 0 fully saturated rings. The minimum atomic E-state index is -4.41. The van der Waals surface area contributed by atoms with Gasteiger partial charge in [0.05, 0.1) is 5.56 Å². The first-order chi connectivity index (χ1) is 10.6. The number of aliphatic hydroxyl groups excluding tert-OH is 1. The third-order valence-electron chi connectivity index (χ3n) is 3.73. The van der Waals surface area contributed by atoms with Crippen molar-refractivity contribution in [3.8, 4) is 0 Å². The standard InChI is InChI=1S/C16H23F3N2O2/c1-10(9-22)12(3)21-15(23)20-11(2)8-13-6-4-5-7-14(13)16(17,18)19/h4-7,10-12,22H,8-9H2,1-3H3,(H2,20,21,23). The van der Waals surface area contributed by atoms with Crippen LogP contribution in [0.25, 0.3) is 0 Å². The zero-order valence-corrected chi connectivity index (χ0v) is 13.4. The molecule has 7 heteroatoms. The second-order valence-corrected chi connectivity index (χ2v) is 5.83. The molecule has 23 heavy (non-hydrogen) atoms. The number of nitrogens with one attached hydrogen (secondary N) is 2. The molecular formula is C16H23F3N2O2. The molecule has 130 valence electrons. The van der Waals surface area contributed by atoms with E-state index < -0.39 is 23.8 Å². The fraction of sp³-hybridized carbons (Fsp3) is 0.562. The highest BCUT2D eigenvalue weighted by molar-refractivity contribution is 5.74. The number of halogens is 3. The van der Waals surface area contributed by atoms with Crippen LogP contribution in [-0.2, 0) is 12.6 Å². The van der Waals surface area contributed by atoms with E-state index in [0.29, 0.717) is 0 Å². The van der Waals surface area contributed by atoms with E-state index in [-0.39, 0.29) is 30.6 Å². The summed E-state index contributed by atoms with van der Waals surface area (Å²) in [5.41, 5.74) is -0.541. The van der Waals surface area contributed by atoms with E-state index in [9.17, 15) is 18.0 Å². The second kappa shape index (κ2) is 8.19. The van der Waals surface area contributed by atoms with Crippen LogP contribution in [0.3, 0.4) is 0 Å². The van der Waals surface area contributed by atoms with Crippen LogP contribution in [0.5, 0.6) is 0 Å². The van der Waals surface area contributed by atoms with Gasteiger partial charge >= 0.3 is 12.2 Å². The first-order valence-corrected chi connectivity index (χ1v) is 7.48. The molecule has 0 bridgehead atoms. The smallest absolute Gasteiger partial charge is 0.396 e. The lowest BCUT2D eigenvalue weighted by atomic mass is 10.0. The maximum absolute atomic E-state index is 12.9. The number of rotatable bonds is 6. The predicted octanol–water partition coefficient (Wildman–Crippen LogP) is 2.95. The maximum Gasteiger partial charge on any atom is 0.416 e. The summed E-state index contributed by atoms with van der Waals surface area (Å²) in [6, 6.07) is 4.17. The number of urea groups is 1. The zero-order valence-electron chi connectivity index (χ0n) is 13.4. The number of alkyl halides is 3. The Morgan fingerprint density at radius 1 is 1.17 bits per heavy atom. The van der Waals surface area contributed by atoms with Crippen molar-refractivity contribution in [2.75, 3.05) is 6.61 Å². The molecule has 3 N–H and O–H groups in total. The van der Waals surface area contributed by atoms with E-state index in [4.69, 9.17) is 5.11 Å². The largest absolute Gasteiger partial charge is 0.416 e. The second-order valence-electron chi connectivity index (χ2n) is 5.83. The molecule has 1 aromatic carbocycles. The molecule has 4 nitrogen and oxygen atoms in total. The molecule has 3 atom stereocenters. The van der Waals surface area contributed by atoms with Gasteiger partial charge in [-0.25, -0.2) is 4.79 Å². The summed E-state index contributed by atoms with van der Waals surface area (Å²) in [7, 11) is 0. The molecule has 3 unspecified atom stereocenters. The van der Waals surface area contributed by atoms with E-state index in [1.54, 1.807) is 26.8 Å². The number of carbonyl (C=O) groups is 1. The van der Waals surface area contributed by atoms with E-state index in [1.165, 1.54) is 12.1 Å². The molecule has 0 spiro atoms. The van der Waals surface area contributed by atoms with Crippen LogP contribution in [0.4, 0.5) is 18.0 Å². The van der Waals surface area contributed by atoms with Crippen molar-refractivity contribution in [3.63, 3.8) is 0 Å². The average Bonchev–Trinajstić information content (AvgIpc) is 2.45. The van der Waals surface area contributed by atoms with Gasteiger partial charge in [0.1, 0.15) is 0 Å². The van der Waals surface area contributed by atoms with Crippen LogP contribution in [0, 0.1) is 5.92 Å². The number of aliphatic hydroxyl groups is 1. The van der Waals surface area contributed by atoms with Gasteiger partial charge in [-0.15, -0.1) is 0 Å². The van der Waals surface area contributed by atoms with Gasteiger partial charge in [-0.1, -0.05) is 25.1 Å².